The lowest BCUT2D eigenvalue weighted by atomic mass is 10.1. The molecule has 1 N–H and O–H groups in total. The highest BCUT2D eigenvalue weighted by atomic mass is 14.8. The molecule has 2 heterocycles. The Kier molecular flexibility index (Phi) is 2.12. The average molecular weight is 186 g/mol. The summed E-state index contributed by atoms with van der Waals surface area (Å²) < 4.78 is 0. The van der Waals surface area contributed by atoms with Gasteiger partial charge in [-0.2, -0.15) is 0 Å². The first-order valence-corrected chi connectivity index (χ1v) is 4.77. The normalized spacial score (nSPS) is 10.5. The summed E-state index contributed by atoms with van der Waals surface area (Å²) in [6, 6.07) is 5.96. The van der Waals surface area contributed by atoms with E-state index in [1.807, 2.05) is 24.4 Å². The maximum atomic E-state index is 4.33. The first-order valence-electron chi connectivity index (χ1n) is 4.77. The zero-order chi connectivity index (χ0) is 10.1. The van der Waals surface area contributed by atoms with Crippen molar-refractivity contribution in [2.24, 2.45) is 0 Å². The number of rotatable bonds is 1. The van der Waals surface area contributed by atoms with E-state index < -0.39 is 0 Å². The number of nitrogens with zero attached hydrogens (tertiary/aromatic N) is 1. The predicted octanol–water partition coefficient (Wildman–Crippen LogP) is 3.00. The van der Waals surface area contributed by atoms with Crippen molar-refractivity contribution in [2.75, 3.05) is 0 Å². The standard InChI is InChI=1S/C12H14N2/c1-8-9(2)12(14-10(8)3)11-6-4-5-7-13-11/h4-7,14H,1-3H3. The molecule has 0 aromatic carbocycles. The van der Waals surface area contributed by atoms with Crippen molar-refractivity contribution < 1.29 is 0 Å². The Balaban J connectivity index is 2.58. The van der Waals surface area contributed by atoms with E-state index in [2.05, 4.69) is 30.7 Å². The van der Waals surface area contributed by atoms with Crippen LogP contribution in [-0.4, -0.2) is 9.97 Å². The predicted molar refractivity (Wildman–Crippen MR) is 58.2 cm³/mol. The Morgan fingerprint density at radius 2 is 1.86 bits per heavy atom. The summed E-state index contributed by atoms with van der Waals surface area (Å²) in [5.74, 6) is 0. The molecule has 2 aromatic heterocycles. The molecule has 2 heteroatoms. The Hall–Kier alpha value is -1.57. The number of hydrogen-bond donors (Lipinski definition) is 1. The van der Waals surface area contributed by atoms with Crippen LogP contribution >= 0.6 is 0 Å². The van der Waals surface area contributed by atoms with Crippen LogP contribution in [0.2, 0.25) is 0 Å². The summed E-state index contributed by atoms with van der Waals surface area (Å²) in [6.45, 7) is 6.35. The van der Waals surface area contributed by atoms with Gasteiger partial charge in [0.2, 0.25) is 0 Å². The zero-order valence-corrected chi connectivity index (χ0v) is 8.76. The highest BCUT2D eigenvalue weighted by molar-refractivity contribution is 5.62. The van der Waals surface area contributed by atoms with Crippen molar-refractivity contribution >= 4 is 0 Å². The summed E-state index contributed by atoms with van der Waals surface area (Å²) in [6.07, 6.45) is 1.82. The van der Waals surface area contributed by atoms with Crippen LogP contribution in [-0.2, 0) is 0 Å². The number of pyridine rings is 1. The molecule has 0 amide bonds. The average Bonchev–Trinajstić information content (AvgIpc) is 2.47. The summed E-state index contributed by atoms with van der Waals surface area (Å²) >= 11 is 0. The van der Waals surface area contributed by atoms with Gasteiger partial charge in [0.05, 0.1) is 11.4 Å². The van der Waals surface area contributed by atoms with Gasteiger partial charge >= 0.3 is 0 Å². The van der Waals surface area contributed by atoms with Crippen molar-refractivity contribution in [1.82, 2.24) is 9.97 Å². The number of H-pyrrole nitrogens is 1. The molecule has 2 aromatic rings. The number of hydrogen-bond acceptors (Lipinski definition) is 1. The molecule has 2 nitrogen and oxygen atoms in total. The number of aromatic nitrogens is 2. The van der Waals surface area contributed by atoms with Crippen LogP contribution in [0.3, 0.4) is 0 Å². The van der Waals surface area contributed by atoms with Gasteiger partial charge in [-0.25, -0.2) is 0 Å². The van der Waals surface area contributed by atoms with E-state index in [4.69, 9.17) is 0 Å². The molecule has 2 rings (SSSR count). The second-order valence-electron chi connectivity index (χ2n) is 3.59. The van der Waals surface area contributed by atoms with E-state index in [-0.39, 0.29) is 0 Å². The maximum absolute atomic E-state index is 4.33. The first kappa shape index (κ1) is 9.00. The number of aryl methyl sites for hydroxylation is 1. The Bertz CT molecular complexity index is 441. The lowest BCUT2D eigenvalue weighted by Gasteiger charge is -1.98. The molecule has 0 saturated heterocycles. The second-order valence-corrected chi connectivity index (χ2v) is 3.59. The van der Waals surface area contributed by atoms with Crippen molar-refractivity contribution in [3.8, 4) is 11.4 Å². The van der Waals surface area contributed by atoms with Gasteiger partial charge in [-0.15, -0.1) is 0 Å². The van der Waals surface area contributed by atoms with Gasteiger partial charge in [0, 0.05) is 11.9 Å². The second kappa shape index (κ2) is 3.29. The third-order valence-electron chi connectivity index (χ3n) is 2.73. The fourth-order valence-electron chi connectivity index (χ4n) is 1.61. The Morgan fingerprint density at radius 3 is 2.36 bits per heavy atom. The van der Waals surface area contributed by atoms with Gasteiger partial charge in [-0.3, -0.25) is 4.98 Å². The molecule has 14 heavy (non-hydrogen) atoms. The molecule has 0 saturated carbocycles. The fraction of sp³-hybridized carbons (Fsp3) is 0.250. The molecule has 0 spiro atoms. The first-order chi connectivity index (χ1) is 6.70. The molecule has 0 fully saturated rings. The Morgan fingerprint density at radius 1 is 1.07 bits per heavy atom. The van der Waals surface area contributed by atoms with Crippen LogP contribution < -0.4 is 0 Å². The molecule has 0 aliphatic carbocycles. The lowest BCUT2D eigenvalue weighted by Crippen LogP contribution is -1.84. The number of nitrogens with one attached hydrogen (secondary N) is 1. The quantitative estimate of drug-likeness (QED) is 0.728. The van der Waals surface area contributed by atoms with Crippen LogP contribution in [0.1, 0.15) is 16.8 Å². The minimum absolute atomic E-state index is 1.02. The largest absolute Gasteiger partial charge is 0.357 e. The van der Waals surface area contributed by atoms with E-state index in [0.717, 1.165) is 11.4 Å². The number of aromatic amines is 1. The Labute approximate surface area is 84.0 Å². The van der Waals surface area contributed by atoms with Crippen LogP contribution in [0.25, 0.3) is 11.4 Å². The molecule has 0 atom stereocenters. The van der Waals surface area contributed by atoms with Gasteiger partial charge in [0.15, 0.2) is 0 Å². The molecule has 0 aliphatic heterocycles. The van der Waals surface area contributed by atoms with Gasteiger partial charge in [0.1, 0.15) is 0 Å². The fourth-order valence-corrected chi connectivity index (χ4v) is 1.61. The summed E-state index contributed by atoms with van der Waals surface area (Å²) in [7, 11) is 0. The summed E-state index contributed by atoms with van der Waals surface area (Å²) in [5.41, 5.74) is 6.00. The van der Waals surface area contributed by atoms with Crippen LogP contribution in [0.15, 0.2) is 24.4 Å². The molecule has 72 valence electrons. The van der Waals surface area contributed by atoms with Crippen LogP contribution in [0, 0.1) is 20.8 Å². The van der Waals surface area contributed by atoms with Gasteiger partial charge in [0.25, 0.3) is 0 Å². The summed E-state index contributed by atoms with van der Waals surface area (Å²) in [4.78, 5) is 7.70. The van der Waals surface area contributed by atoms with Crippen LogP contribution in [0.5, 0.6) is 0 Å². The molecular weight excluding hydrogens is 172 g/mol. The smallest absolute Gasteiger partial charge is 0.0867 e. The monoisotopic (exact) mass is 186 g/mol. The van der Waals surface area contributed by atoms with E-state index in [1.165, 1.54) is 16.8 Å². The van der Waals surface area contributed by atoms with Crippen molar-refractivity contribution in [3.05, 3.63) is 41.2 Å². The third kappa shape index (κ3) is 1.33. The van der Waals surface area contributed by atoms with E-state index in [9.17, 15) is 0 Å². The SMILES string of the molecule is Cc1[nH]c(-c2ccccn2)c(C)c1C. The van der Waals surface area contributed by atoms with Crippen molar-refractivity contribution in [3.63, 3.8) is 0 Å². The molecule has 0 unspecified atom stereocenters. The molecule has 0 aliphatic rings. The van der Waals surface area contributed by atoms with Gasteiger partial charge < -0.3 is 4.98 Å². The van der Waals surface area contributed by atoms with Gasteiger partial charge in [-0.05, 0) is 44.0 Å². The van der Waals surface area contributed by atoms with E-state index in [1.54, 1.807) is 0 Å². The topological polar surface area (TPSA) is 28.7 Å². The lowest BCUT2D eigenvalue weighted by molar-refractivity contribution is 1.21. The highest BCUT2D eigenvalue weighted by Gasteiger charge is 2.09. The summed E-state index contributed by atoms with van der Waals surface area (Å²) in [5, 5.41) is 0. The van der Waals surface area contributed by atoms with Gasteiger partial charge in [-0.1, -0.05) is 6.07 Å². The minimum atomic E-state index is 1.02. The zero-order valence-electron chi connectivity index (χ0n) is 8.76. The van der Waals surface area contributed by atoms with E-state index in [0.29, 0.717) is 0 Å². The van der Waals surface area contributed by atoms with Crippen molar-refractivity contribution in [1.29, 1.82) is 0 Å². The maximum Gasteiger partial charge on any atom is 0.0867 e. The minimum Gasteiger partial charge on any atom is -0.357 e. The third-order valence-corrected chi connectivity index (χ3v) is 2.73. The molecular formula is C12H14N2. The highest BCUT2D eigenvalue weighted by Crippen LogP contribution is 2.24. The van der Waals surface area contributed by atoms with Crippen molar-refractivity contribution in [2.45, 2.75) is 20.8 Å². The molecule has 0 radical (unpaired) electrons. The van der Waals surface area contributed by atoms with Crippen LogP contribution in [0.4, 0.5) is 0 Å². The molecule has 0 bridgehead atoms. The van der Waals surface area contributed by atoms with E-state index >= 15 is 0 Å².